The van der Waals surface area contributed by atoms with Gasteiger partial charge in [0.15, 0.2) is 5.96 Å². The van der Waals surface area contributed by atoms with Crippen molar-refractivity contribution < 1.29 is 9.90 Å². The predicted octanol–water partition coefficient (Wildman–Crippen LogP) is 2.56. The van der Waals surface area contributed by atoms with E-state index in [0.717, 1.165) is 11.1 Å². The first-order valence-corrected chi connectivity index (χ1v) is 10.5. The molecule has 1 unspecified atom stereocenters. The van der Waals surface area contributed by atoms with Gasteiger partial charge in [-0.3, -0.25) is 4.79 Å². The second kappa shape index (κ2) is 10.8. The number of carbonyl (C=O) groups excluding carboxylic acids is 1. The number of hydrogen-bond donors (Lipinski definition) is 3. The molecule has 0 spiro atoms. The van der Waals surface area contributed by atoms with Crippen molar-refractivity contribution in [2.24, 2.45) is 4.99 Å². The Bertz CT molecular complexity index is 745. The van der Waals surface area contributed by atoms with Crippen molar-refractivity contribution in [3.8, 4) is 0 Å². The highest BCUT2D eigenvalue weighted by Gasteiger charge is 2.23. The van der Waals surface area contributed by atoms with Crippen molar-refractivity contribution in [1.82, 2.24) is 15.5 Å². The Morgan fingerprint density at radius 1 is 1.21 bits per heavy atom. The van der Waals surface area contributed by atoms with E-state index in [9.17, 15) is 9.90 Å². The van der Waals surface area contributed by atoms with Gasteiger partial charge in [0.25, 0.3) is 0 Å². The van der Waals surface area contributed by atoms with Gasteiger partial charge in [0.1, 0.15) is 12.1 Å². The number of benzene rings is 1. The van der Waals surface area contributed by atoms with Gasteiger partial charge in [0.05, 0.1) is 6.54 Å². The number of aliphatic hydroxyl groups is 1. The Balaban J connectivity index is 1.95. The number of carbonyl (C=O) groups is 1. The van der Waals surface area contributed by atoms with E-state index in [2.05, 4.69) is 15.6 Å². The number of thiophene rings is 1. The fraction of sp³-hybridized carbons (Fsp3) is 0.429. The number of likely N-dealkylation sites (N-methyl/N-ethyl adjacent to an activating group) is 1. The molecule has 0 radical (unpaired) electrons. The van der Waals surface area contributed by atoms with Crippen LogP contribution in [0.2, 0.25) is 0 Å². The van der Waals surface area contributed by atoms with Crippen LogP contribution in [0.25, 0.3) is 0 Å². The molecule has 0 saturated carbocycles. The number of rotatable bonds is 9. The SMILES string of the molecule is CCNC(=NCC(=O)N(CC)Cc1ccccc1)NCC(C)(O)c1ccsc1. The lowest BCUT2D eigenvalue weighted by Crippen LogP contribution is -2.45. The molecule has 1 aromatic heterocycles. The molecule has 0 fully saturated rings. The summed E-state index contributed by atoms with van der Waals surface area (Å²) in [4.78, 5) is 18.8. The summed E-state index contributed by atoms with van der Waals surface area (Å²) in [5.74, 6) is 0.482. The van der Waals surface area contributed by atoms with Crippen molar-refractivity contribution in [3.63, 3.8) is 0 Å². The van der Waals surface area contributed by atoms with Crippen LogP contribution in [0, 0.1) is 0 Å². The van der Waals surface area contributed by atoms with Crippen LogP contribution in [-0.2, 0) is 16.9 Å². The van der Waals surface area contributed by atoms with Crippen molar-refractivity contribution in [2.75, 3.05) is 26.2 Å². The van der Waals surface area contributed by atoms with Gasteiger partial charge in [-0.1, -0.05) is 30.3 Å². The van der Waals surface area contributed by atoms with Gasteiger partial charge in [-0.2, -0.15) is 11.3 Å². The van der Waals surface area contributed by atoms with Crippen LogP contribution in [-0.4, -0.2) is 48.1 Å². The van der Waals surface area contributed by atoms with Gasteiger partial charge in [-0.25, -0.2) is 4.99 Å². The fourth-order valence-electron chi connectivity index (χ4n) is 2.70. The normalized spacial score (nSPS) is 13.6. The molecule has 0 saturated heterocycles. The summed E-state index contributed by atoms with van der Waals surface area (Å²) >= 11 is 1.55. The monoisotopic (exact) mass is 402 g/mol. The summed E-state index contributed by atoms with van der Waals surface area (Å²) < 4.78 is 0. The van der Waals surface area contributed by atoms with E-state index in [1.54, 1.807) is 23.2 Å². The molecule has 0 aliphatic carbocycles. The minimum Gasteiger partial charge on any atom is -0.384 e. The molecule has 2 aromatic rings. The molecular weight excluding hydrogens is 372 g/mol. The van der Waals surface area contributed by atoms with Gasteiger partial charge < -0.3 is 20.6 Å². The van der Waals surface area contributed by atoms with Crippen LogP contribution in [0.3, 0.4) is 0 Å². The topological polar surface area (TPSA) is 77.0 Å². The standard InChI is InChI=1S/C21H30N4O2S/c1-4-22-20(24-16-21(3,27)18-11-12-28-15-18)23-13-19(26)25(5-2)14-17-9-7-6-8-10-17/h6-12,15,27H,4-5,13-14,16H2,1-3H3,(H2,22,23,24). The molecule has 6 nitrogen and oxygen atoms in total. The number of amides is 1. The van der Waals surface area contributed by atoms with Crippen LogP contribution >= 0.6 is 11.3 Å². The first-order chi connectivity index (χ1) is 13.5. The van der Waals surface area contributed by atoms with E-state index in [0.29, 0.717) is 32.1 Å². The first-order valence-electron chi connectivity index (χ1n) is 9.55. The van der Waals surface area contributed by atoms with Crippen LogP contribution in [0.5, 0.6) is 0 Å². The van der Waals surface area contributed by atoms with Crippen LogP contribution < -0.4 is 10.6 Å². The van der Waals surface area contributed by atoms with Crippen molar-refractivity contribution >= 4 is 23.2 Å². The average molecular weight is 403 g/mol. The smallest absolute Gasteiger partial charge is 0.244 e. The Kier molecular flexibility index (Phi) is 8.47. The lowest BCUT2D eigenvalue weighted by Gasteiger charge is -2.24. The average Bonchev–Trinajstić information content (AvgIpc) is 3.24. The minimum atomic E-state index is -1.01. The van der Waals surface area contributed by atoms with E-state index in [-0.39, 0.29) is 12.5 Å². The molecule has 2 rings (SSSR count). The highest BCUT2D eigenvalue weighted by molar-refractivity contribution is 7.08. The summed E-state index contributed by atoms with van der Waals surface area (Å²) in [5.41, 5.74) is 0.943. The van der Waals surface area contributed by atoms with Crippen LogP contribution in [0.15, 0.2) is 52.2 Å². The maximum absolute atomic E-state index is 12.6. The van der Waals surface area contributed by atoms with E-state index in [1.165, 1.54) is 0 Å². The van der Waals surface area contributed by atoms with Gasteiger partial charge in [0.2, 0.25) is 5.91 Å². The van der Waals surface area contributed by atoms with Crippen molar-refractivity contribution in [2.45, 2.75) is 32.9 Å². The molecule has 7 heteroatoms. The molecule has 3 N–H and O–H groups in total. The van der Waals surface area contributed by atoms with Crippen molar-refractivity contribution in [1.29, 1.82) is 0 Å². The number of nitrogens with zero attached hydrogens (tertiary/aromatic N) is 2. The Morgan fingerprint density at radius 2 is 1.96 bits per heavy atom. The Hall–Kier alpha value is -2.38. The molecule has 1 atom stereocenters. The molecular formula is C21H30N4O2S. The van der Waals surface area contributed by atoms with E-state index < -0.39 is 5.60 Å². The minimum absolute atomic E-state index is 0.0341. The summed E-state index contributed by atoms with van der Waals surface area (Å²) in [7, 11) is 0. The molecule has 0 bridgehead atoms. The Labute approximate surface area is 171 Å². The number of guanidine groups is 1. The molecule has 1 amide bonds. The zero-order valence-electron chi connectivity index (χ0n) is 16.8. The maximum Gasteiger partial charge on any atom is 0.244 e. The van der Waals surface area contributed by atoms with Gasteiger partial charge >= 0.3 is 0 Å². The third-order valence-corrected chi connectivity index (χ3v) is 5.09. The molecule has 1 heterocycles. The van der Waals surface area contributed by atoms with E-state index in [4.69, 9.17) is 0 Å². The number of hydrogen-bond acceptors (Lipinski definition) is 4. The van der Waals surface area contributed by atoms with Gasteiger partial charge in [-0.05, 0) is 48.7 Å². The quantitative estimate of drug-likeness (QED) is 0.445. The summed E-state index contributed by atoms with van der Waals surface area (Å²) in [6, 6.07) is 11.8. The predicted molar refractivity (Wildman–Crippen MR) is 115 cm³/mol. The third-order valence-electron chi connectivity index (χ3n) is 4.41. The largest absolute Gasteiger partial charge is 0.384 e. The molecule has 0 aliphatic rings. The second-order valence-electron chi connectivity index (χ2n) is 6.73. The lowest BCUT2D eigenvalue weighted by atomic mass is 9.99. The van der Waals surface area contributed by atoms with Gasteiger partial charge in [0, 0.05) is 19.6 Å². The molecule has 1 aromatic carbocycles. The lowest BCUT2D eigenvalue weighted by molar-refractivity contribution is -0.130. The zero-order valence-corrected chi connectivity index (χ0v) is 17.6. The molecule has 0 aliphatic heterocycles. The number of aliphatic imine (C=N–C) groups is 1. The van der Waals surface area contributed by atoms with Crippen LogP contribution in [0.4, 0.5) is 0 Å². The molecule has 28 heavy (non-hydrogen) atoms. The first kappa shape index (κ1) is 21.9. The zero-order chi connectivity index (χ0) is 20.4. The summed E-state index contributed by atoms with van der Waals surface area (Å²) in [6.07, 6.45) is 0. The maximum atomic E-state index is 12.6. The summed E-state index contributed by atoms with van der Waals surface area (Å²) in [5, 5.41) is 20.8. The Morgan fingerprint density at radius 3 is 2.57 bits per heavy atom. The highest BCUT2D eigenvalue weighted by atomic mass is 32.1. The molecule has 152 valence electrons. The fourth-order valence-corrected chi connectivity index (χ4v) is 3.48. The summed E-state index contributed by atoms with van der Waals surface area (Å²) in [6.45, 7) is 7.90. The van der Waals surface area contributed by atoms with Gasteiger partial charge in [-0.15, -0.1) is 0 Å². The third kappa shape index (κ3) is 6.65. The van der Waals surface area contributed by atoms with E-state index in [1.807, 2.05) is 61.0 Å². The second-order valence-corrected chi connectivity index (χ2v) is 7.51. The number of nitrogens with one attached hydrogen (secondary N) is 2. The highest BCUT2D eigenvalue weighted by Crippen LogP contribution is 2.21. The van der Waals surface area contributed by atoms with Crippen LogP contribution in [0.1, 0.15) is 31.9 Å². The van der Waals surface area contributed by atoms with Crippen molar-refractivity contribution in [3.05, 3.63) is 58.3 Å². The van der Waals surface area contributed by atoms with E-state index >= 15 is 0 Å².